The van der Waals surface area contributed by atoms with Crippen LogP contribution in [0.3, 0.4) is 0 Å². The quantitative estimate of drug-likeness (QED) is 0.548. The van der Waals surface area contributed by atoms with Crippen molar-refractivity contribution in [2.75, 3.05) is 31.6 Å². The Morgan fingerprint density at radius 2 is 1.94 bits per heavy atom. The zero-order valence-electron chi connectivity index (χ0n) is 17.4. The first-order chi connectivity index (χ1) is 15.1. The molecule has 0 aliphatic carbocycles. The summed E-state index contributed by atoms with van der Waals surface area (Å²) in [6, 6.07) is 14.5. The van der Waals surface area contributed by atoms with Gasteiger partial charge >= 0.3 is 0 Å². The molecule has 0 radical (unpaired) electrons. The number of aromatic nitrogens is 4. The molecule has 1 fully saturated rings. The van der Waals surface area contributed by atoms with Gasteiger partial charge in [-0.3, -0.25) is 0 Å². The number of halogens is 1. The third-order valence-corrected chi connectivity index (χ3v) is 5.49. The van der Waals surface area contributed by atoms with Gasteiger partial charge in [0.15, 0.2) is 5.65 Å². The molecule has 1 atom stereocenters. The van der Waals surface area contributed by atoms with Crippen molar-refractivity contribution in [2.45, 2.75) is 13.0 Å². The summed E-state index contributed by atoms with van der Waals surface area (Å²) in [6.07, 6.45) is 1.70. The van der Waals surface area contributed by atoms with Gasteiger partial charge in [-0.25, -0.2) is 18.9 Å². The fraction of sp³-hybridized carbons (Fsp3) is 0.261. The first-order valence-electron chi connectivity index (χ1n) is 10.3. The zero-order chi connectivity index (χ0) is 21.4. The number of nitrogens with one attached hydrogen (secondary N) is 1. The molecule has 3 aromatic heterocycles. The Balaban J connectivity index is 1.71. The lowest BCUT2D eigenvalue weighted by atomic mass is 10.1. The number of ether oxygens (including phenoxy) is 1. The van der Waals surface area contributed by atoms with Crippen molar-refractivity contribution in [1.82, 2.24) is 24.9 Å². The summed E-state index contributed by atoms with van der Waals surface area (Å²) in [5, 5.41) is 8.40. The standard InChI is InChI=1S/C23H23FN6O/c1-15-14-29(12-11-25-15)20-8-7-19-27-22(16-3-5-18(24)6-4-16)23(30(19)28-20)17-9-10-26-21(13-17)31-2/h3-10,13,15,25H,11-12,14H2,1-2H3. The van der Waals surface area contributed by atoms with Crippen molar-refractivity contribution in [3.63, 3.8) is 0 Å². The van der Waals surface area contributed by atoms with Crippen LogP contribution in [0.1, 0.15) is 6.92 Å². The van der Waals surface area contributed by atoms with Gasteiger partial charge in [0.25, 0.3) is 0 Å². The topological polar surface area (TPSA) is 67.6 Å². The minimum atomic E-state index is -0.284. The third-order valence-electron chi connectivity index (χ3n) is 5.49. The number of fused-ring (bicyclic) bond motifs is 1. The highest BCUT2D eigenvalue weighted by molar-refractivity contribution is 5.82. The van der Waals surface area contributed by atoms with Crippen molar-refractivity contribution in [3.8, 4) is 28.4 Å². The van der Waals surface area contributed by atoms with Gasteiger partial charge in [0, 0.05) is 49.1 Å². The van der Waals surface area contributed by atoms with E-state index >= 15 is 0 Å². The molecule has 4 heterocycles. The zero-order valence-corrected chi connectivity index (χ0v) is 17.4. The first kappa shape index (κ1) is 19.4. The van der Waals surface area contributed by atoms with E-state index in [9.17, 15) is 4.39 Å². The van der Waals surface area contributed by atoms with Crippen LogP contribution in [0, 0.1) is 5.82 Å². The van der Waals surface area contributed by atoms with E-state index in [2.05, 4.69) is 22.1 Å². The van der Waals surface area contributed by atoms with E-state index in [0.29, 0.717) is 11.9 Å². The van der Waals surface area contributed by atoms with Crippen LogP contribution in [0.15, 0.2) is 54.7 Å². The SMILES string of the molecule is COc1cc(-c2c(-c3ccc(F)cc3)nc3ccc(N4CCNC(C)C4)nn23)ccn1. The molecule has 158 valence electrons. The molecule has 8 heteroatoms. The van der Waals surface area contributed by atoms with Crippen LogP contribution < -0.4 is 15.0 Å². The van der Waals surface area contributed by atoms with E-state index in [1.165, 1.54) is 12.1 Å². The number of methoxy groups -OCH3 is 1. The predicted molar refractivity (Wildman–Crippen MR) is 118 cm³/mol. The normalized spacial score (nSPS) is 16.6. The molecule has 7 nitrogen and oxygen atoms in total. The number of benzene rings is 1. The summed E-state index contributed by atoms with van der Waals surface area (Å²) in [7, 11) is 1.59. The molecule has 5 rings (SSSR count). The summed E-state index contributed by atoms with van der Waals surface area (Å²) >= 11 is 0. The van der Waals surface area contributed by atoms with E-state index in [1.54, 1.807) is 25.4 Å². The van der Waals surface area contributed by atoms with Gasteiger partial charge in [0.1, 0.15) is 17.3 Å². The van der Waals surface area contributed by atoms with Crippen LogP contribution in [0.4, 0.5) is 10.2 Å². The highest BCUT2D eigenvalue weighted by Crippen LogP contribution is 2.34. The van der Waals surface area contributed by atoms with Crippen LogP contribution in [-0.2, 0) is 0 Å². The van der Waals surface area contributed by atoms with Gasteiger partial charge in [0.2, 0.25) is 5.88 Å². The summed E-state index contributed by atoms with van der Waals surface area (Å²) in [5.74, 6) is 1.11. The summed E-state index contributed by atoms with van der Waals surface area (Å²) in [6.45, 7) is 4.86. The van der Waals surface area contributed by atoms with Crippen molar-refractivity contribution in [2.24, 2.45) is 0 Å². The Kier molecular flexibility index (Phi) is 4.99. The number of piperazine rings is 1. The number of anilines is 1. The maximum atomic E-state index is 13.5. The van der Waals surface area contributed by atoms with Gasteiger partial charge in [-0.05, 0) is 49.4 Å². The Morgan fingerprint density at radius 3 is 2.71 bits per heavy atom. The molecule has 0 saturated carbocycles. The molecule has 1 N–H and O–H groups in total. The van der Waals surface area contributed by atoms with E-state index in [0.717, 1.165) is 53.6 Å². The molecule has 1 saturated heterocycles. The Bertz CT molecular complexity index is 1220. The molecule has 1 aliphatic heterocycles. The Labute approximate surface area is 179 Å². The molecule has 0 amide bonds. The minimum Gasteiger partial charge on any atom is -0.481 e. The fourth-order valence-electron chi connectivity index (χ4n) is 3.97. The number of hydrogen-bond donors (Lipinski definition) is 1. The van der Waals surface area contributed by atoms with E-state index in [-0.39, 0.29) is 5.82 Å². The molecule has 1 aromatic carbocycles. The van der Waals surface area contributed by atoms with E-state index in [1.807, 2.05) is 28.8 Å². The van der Waals surface area contributed by atoms with Crippen molar-refractivity contribution in [1.29, 1.82) is 0 Å². The van der Waals surface area contributed by atoms with Crippen LogP contribution in [0.2, 0.25) is 0 Å². The minimum absolute atomic E-state index is 0.284. The van der Waals surface area contributed by atoms with Crippen LogP contribution in [0.25, 0.3) is 28.2 Å². The van der Waals surface area contributed by atoms with E-state index < -0.39 is 0 Å². The number of hydrogen-bond acceptors (Lipinski definition) is 6. The van der Waals surface area contributed by atoms with Gasteiger partial charge in [0.05, 0.1) is 12.8 Å². The van der Waals surface area contributed by atoms with Crippen LogP contribution >= 0.6 is 0 Å². The van der Waals surface area contributed by atoms with Gasteiger partial charge < -0.3 is 15.0 Å². The van der Waals surface area contributed by atoms with Gasteiger partial charge in [-0.1, -0.05) is 0 Å². The lowest BCUT2D eigenvalue weighted by Gasteiger charge is -2.32. The maximum Gasteiger partial charge on any atom is 0.213 e. The van der Waals surface area contributed by atoms with Gasteiger partial charge in [-0.2, -0.15) is 0 Å². The molecule has 4 aromatic rings. The lowest BCUT2D eigenvalue weighted by molar-refractivity contribution is 0.398. The highest BCUT2D eigenvalue weighted by atomic mass is 19.1. The number of imidazole rings is 1. The Hall–Kier alpha value is -3.52. The Morgan fingerprint density at radius 1 is 1.10 bits per heavy atom. The molecule has 0 spiro atoms. The number of rotatable bonds is 4. The monoisotopic (exact) mass is 418 g/mol. The second kappa shape index (κ2) is 7.96. The summed E-state index contributed by atoms with van der Waals surface area (Å²) in [5.41, 5.74) is 3.95. The third kappa shape index (κ3) is 3.70. The smallest absolute Gasteiger partial charge is 0.213 e. The number of nitrogens with zero attached hydrogens (tertiary/aromatic N) is 5. The summed E-state index contributed by atoms with van der Waals surface area (Å²) in [4.78, 5) is 11.3. The van der Waals surface area contributed by atoms with Crippen LogP contribution in [0.5, 0.6) is 5.88 Å². The van der Waals surface area contributed by atoms with Crippen molar-refractivity contribution >= 4 is 11.5 Å². The first-order valence-corrected chi connectivity index (χ1v) is 10.3. The lowest BCUT2D eigenvalue weighted by Crippen LogP contribution is -2.49. The van der Waals surface area contributed by atoms with Crippen molar-refractivity contribution < 1.29 is 9.13 Å². The molecule has 0 bridgehead atoms. The average Bonchev–Trinajstić information content (AvgIpc) is 3.18. The maximum absolute atomic E-state index is 13.5. The molecule has 1 aliphatic rings. The second-order valence-corrected chi connectivity index (χ2v) is 7.67. The largest absolute Gasteiger partial charge is 0.481 e. The fourth-order valence-corrected chi connectivity index (χ4v) is 3.97. The van der Waals surface area contributed by atoms with Gasteiger partial charge in [-0.15, -0.1) is 5.10 Å². The second-order valence-electron chi connectivity index (χ2n) is 7.67. The molecular formula is C23H23FN6O. The predicted octanol–water partition coefficient (Wildman–Crippen LogP) is 3.40. The molecule has 1 unspecified atom stereocenters. The molecular weight excluding hydrogens is 395 g/mol. The highest BCUT2D eigenvalue weighted by Gasteiger charge is 2.21. The molecule has 31 heavy (non-hydrogen) atoms. The van der Waals surface area contributed by atoms with Crippen LogP contribution in [-0.4, -0.2) is 52.4 Å². The number of pyridine rings is 1. The van der Waals surface area contributed by atoms with Crippen molar-refractivity contribution in [3.05, 3.63) is 60.5 Å². The summed E-state index contributed by atoms with van der Waals surface area (Å²) < 4.78 is 20.7. The van der Waals surface area contributed by atoms with E-state index in [4.69, 9.17) is 14.8 Å². The average molecular weight is 418 g/mol.